The molecule has 1 amide bonds. The number of hydrogen-bond donors (Lipinski definition) is 0. The molecule has 0 spiro atoms. The number of esters is 1. The van der Waals surface area contributed by atoms with Crippen molar-refractivity contribution < 1.29 is 19.1 Å². The van der Waals surface area contributed by atoms with Gasteiger partial charge in [0, 0.05) is 0 Å². The first-order valence-corrected chi connectivity index (χ1v) is 3.50. The molecule has 0 aromatic rings. The first-order chi connectivity index (χ1) is 6.15. The van der Waals surface area contributed by atoms with E-state index in [-0.39, 0.29) is 6.61 Å². The monoisotopic (exact) mass is 190 g/mol. The van der Waals surface area contributed by atoms with Crippen LogP contribution in [0.2, 0.25) is 0 Å². The predicted molar refractivity (Wildman–Crippen MR) is 41.5 cm³/mol. The SMILES string of the molecule is CCOC(=O)CN(N=O)C(=O)OC. The molecule has 0 saturated heterocycles. The number of carbonyl (C=O) groups excluding carboxylic acids is 2. The van der Waals surface area contributed by atoms with Crippen LogP contribution in [0.15, 0.2) is 5.29 Å². The molecule has 0 fully saturated rings. The van der Waals surface area contributed by atoms with E-state index in [1.807, 2.05) is 0 Å². The Morgan fingerprint density at radius 3 is 2.46 bits per heavy atom. The summed E-state index contributed by atoms with van der Waals surface area (Å²) in [4.78, 5) is 31.5. The molecule has 0 aliphatic carbocycles. The van der Waals surface area contributed by atoms with Gasteiger partial charge in [-0.15, -0.1) is 4.91 Å². The minimum Gasteiger partial charge on any atom is -0.465 e. The lowest BCUT2D eigenvalue weighted by atomic mass is 10.6. The fourth-order valence-corrected chi connectivity index (χ4v) is 0.561. The molecule has 0 aliphatic rings. The van der Waals surface area contributed by atoms with E-state index in [0.717, 1.165) is 7.11 Å². The van der Waals surface area contributed by atoms with Gasteiger partial charge in [-0.2, -0.15) is 5.01 Å². The second kappa shape index (κ2) is 5.92. The summed E-state index contributed by atoms with van der Waals surface area (Å²) in [5.74, 6) is -0.715. The summed E-state index contributed by atoms with van der Waals surface area (Å²) >= 11 is 0. The average molecular weight is 190 g/mol. The Kier molecular flexibility index (Phi) is 5.17. The van der Waals surface area contributed by atoms with Gasteiger partial charge in [-0.05, 0) is 6.92 Å². The van der Waals surface area contributed by atoms with Crippen LogP contribution in [0.5, 0.6) is 0 Å². The molecule has 13 heavy (non-hydrogen) atoms. The van der Waals surface area contributed by atoms with E-state index in [2.05, 4.69) is 14.8 Å². The summed E-state index contributed by atoms with van der Waals surface area (Å²) in [5, 5.41) is 2.62. The first-order valence-electron chi connectivity index (χ1n) is 3.50. The third-order valence-corrected chi connectivity index (χ3v) is 1.07. The minimum atomic E-state index is -0.997. The molecular formula is C6H10N2O5. The zero-order valence-corrected chi connectivity index (χ0v) is 7.35. The lowest BCUT2D eigenvalue weighted by Gasteiger charge is -2.09. The van der Waals surface area contributed by atoms with Crippen LogP contribution in [-0.2, 0) is 14.3 Å². The highest BCUT2D eigenvalue weighted by molar-refractivity contribution is 5.77. The maximum Gasteiger partial charge on any atom is 0.433 e. The summed E-state index contributed by atoms with van der Waals surface area (Å²) in [7, 11) is 1.08. The predicted octanol–water partition coefficient (Wildman–Crippen LogP) is 0.299. The molecule has 0 aromatic heterocycles. The lowest BCUT2D eigenvalue weighted by molar-refractivity contribution is -0.144. The van der Waals surface area contributed by atoms with Crippen molar-refractivity contribution in [3.63, 3.8) is 0 Å². The standard InChI is InChI=1S/C6H10N2O5/c1-3-13-5(9)4-8(7-11)6(10)12-2/h3-4H2,1-2H3. The van der Waals surface area contributed by atoms with Gasteiger partial charge < -0.3 is 9.47 Å². The van der Waals surface area contributed by atoms with Gasteiger partial charge in [0.15, 0.2) is 0 Å². The second-order valence-electron chi connectivity index (χ2n) is 1.91. The number of rotatable bonds is 4. The zero-order valence-electron chi connectivity index (χ0n) is 7.35. The topological polar surface area (TPSA) is 85.3 Å². The van der Waals surface area contributed by atoms with Gasteiger partial charge in [0.1, 0.15) is 6.54 Å². The van der Waals surface area contributed by atoms with E-state index in [9.17, 15) is 14.5 Å². The van der Waals surface area contributed by atoms with Crippen LogP contribution in [-0.4, -0.2) is 37.3 Å². The van der Waals surface area contributed by atoms with Crippen molar-refractivity contribution in [1.29, 1.82) is 0 Å². The molecule has 0 heterocycles. The Morgan fingerprint density at radius 2 is 2.08 bits per heavy atom. The van der Waals surface area contributed by atoms with E-state index >= 15 is 0 Å². The molecule has 0 aliphatic heterocycles. The van der Waals surface area contributed by atoms with Crippen LogP contribution in [0.25, 0.3) is 0 Å². The van der Waals surface area contributed by atoms with E-state index in [1.165, 1.54) is 0 Å². The van der Waals surface area contributed by atoms with Crippen molar-refractivity contribution in [3.05, 3.63) is 4.91 Å². The van der Waals surface area contributed by atoms with Crippen molar-refractivity contribution in [2.24, 2.45) is 5.29 Å². The van der Waals surface area contributed by atoms with Crippen molar-refractivity contribution in [1.82, 2.24) is 5.01 Å². The van der Waals surface area contributed by atoms with E-state index < -0.39 is 18.6 Å². The summed E-state index contributed by atoms with van der Waals surface area (Å²) in [6.07, 6.45) is -0.997. The maximum atomic E-state index is 10.8. The second-order valence-corrected chi connectivity index (χ2v) is 1.91. The summed E-state index contributed by atoms with van der Waals surface area (Å²) < 4.78 is 8.65. The van der Waals surface area contributed by atoms with Gasteiger partial charge >= 0.3 is 12.1 Å². The smallest absolute Gasteiger partial charge is 0.433 e. The van der Waals surface area contributed by atoms with Crippen molar-refractivity contribution >= 4 is 12.1 Å². The number of nitroso groups, excluding NO2 is 1. The average Bonchev–Trinajstić information content (AvgIpc) is 2.13. The number of nitrogens with zero attached hydrogens (tertiary/aromatic N) is 2. The molecule has 0 aromatic carbocycles. The highest BCUT2D eigenvalue weighted by Gasteiger charge is 2.18. The van der Waals surface area contributed by atoms with E-state index in [1.54, 1.807) is 6.92 Å². The van der Waals surface area contributed by atoms with Crippen LogP contribution in [0.3, 0.4) is 0 Å². The molecule has 0 radical (unpaired) electrons. The van der Waals surface area contributed by atoms with Crippen LogP contribution in [0.1, 0.15) is 6.92 Å². The van der Waals surface area contributed by atoms with Crippen molar-refractivity contribution in [3.8, 4) is 0 Å². The Hall–Kier alpha value is -1.66. The molecule has 0 rings (SSSR count). The van der Waals surface area contributed by atoms with Gasteiger partial charge in [-0.1, -0.05) is 0 Å². The molecule has 7 nitrogen and oxygen atoms in total. The van der Waals surface area contributed by atoms with Crippen LogP contribution in [0.4, 0.5) is 4.79 Å². The van der Waals surface area contributed by atoms with Crippen LogP contribution >= 0.6 is 0 Å². The van der Waals surface area contributed by atoms with Crippen LogP contribution in [0, 0.1) is 4.91 Å². The number of methoxy groups -OCH3 is 1. The molecule has 74 valence electrons. The van der Waals surface area contributed by atoms with E-state index in [4.69, 9.17) is 0 Å². The number of ether oxygens (including phenoxy) is 2. The highest BCUT2D eigenvalue weighted by atomic mass is 16.6. The first kappa shape index (κ1) is 11.3. The Balaban J connectivity index is 4.05. The summed E-state index contributed by atoms with van der Waals surface area (Å²) in [6.45, 7) is 1.24. The fraction of sp³-hybridized carbons (Fsp3) is 0.667. The summed E-state index contributed by atoms with van der Waals surface area (Å²) in [5.41, 5.74) is 0. The normalized spacial score (nSPS) is 8.77. The lowest BCUT2D eigenvalue weighted by Crippen LogP contribution is -2.31. The molecule has 7 heteroatoms. The molecular weight excluding hydrogens is 180 g/mol. The number of amides is 1. The Morgan fingerprint density at radius 1 is 1.46 bits per heavy atom. The van der Waals surface area contributed by atoms with Gasteiger partial charge in [0.05, 0.1) is 19.0 Å². The Labute approximate surface area is 74.5 Å². The maximum absolute atomic E-state index is 10.8. The molecule has 0 unspecified atom stereocenters. The molecule has 0 N–H and O–H groups in total. The van der Waals surface area contributed by atoms with Crippen LogP contribution < -0.4 is 0 Å². The van der Waals surface area contributed by atoms with Gasteiger partial charge in [0.2, 0.25) is 0 Å². The zero-order chi connectivity index (χ0) is 10.3. The highest BCUT2D eigenvalue weighted by Crippen LogP contribution is 1.94. The third kappa shape index (κ3) is 4.04. The van der Waals surface area contributed by atoms with Gasteiger partial charge in [0.25, 0.3) is 0 Å². The molecule has 0 atom stereocenters. The third-order valence-electron chi connectivity index (χ3n) is 1.07. The minimum absolute atomic E-state index is 0.173. The Bertz CT molecular complexity index is 205. The largest absolute Gasteiger partial charge is 0.465 e. The molecule has 0 saturated carbocycles. The molecule has 0 bridgehead atoms. The number of hydrogen-bond acceptors (Lipinski definition) is 6. The fourth-order valence-electron chi connectivity index (χ4n) is 0.561. The van der Waals surface area contributed by atoms with Crippen molar-refractivity contribution in [2.75, 3.05) is 20.3 Å². The van der Waals surface area contributed by atoms with Crippen molar-refractivity contribution in [2.45, 2.75) is 6.92 Å². The van der Waals surface area contributed by atoms with Gasteiger partial charge in [-0.25, -0.2) is 4.79 Å². The number of carbonyl (C=O) groups is 2. The quantitative estimate of drug-likeness (QED) is 0.361. The van der Waals surface area contributed by atoms with Gasteiger partial charge in [-0.3, -0.25) is 4.79 Å². The summed E-state index contributed by atoms with van der Waals surface area (Å²) in [6, 6.07) is 0. The van der Waals surface area contributed by atoms with E-state index in [0.29, 0.717) is 5.01 Å².